The number of carbonyl (C=O) groups is 1. The number of fused-ring (bicyclic) bond motifs is 2. The van der Waals surface area contributed by atoms with Gasteiger partial charge in [0.25, 0.3) is 0 Å². The Kier molecular flexibility index (Phi) is 6.89. The number of rotatable bonds is 4. The molecule has 3 heterocycles. The van der Waals surface area contributed by atoms with E-state index in [1.165, 1.54) is 0 Å². The minimum Gasteiger partial charge on any atom is -0.545 e. The van der Waals surface area contributed by atoms with Crippen molar-refractivity contribution in [3.8, 4) is 16.3 Å². The molecule has 1 saturated heterocycles. The second-order valence-corrected chi connectivity index (χ2v) is 8.98. The van der Waals surface area contributed by atoms with Gasteiger partial charge in [0, 0.05) is 23.1 Å². The fourth-order valence-corrected chi connectivity index (χ4v) is 5.38. The Balaban J connectivity index is 0.00000245. The number of hydrogen-bond donors (Lipinski definition) is 0. The Labute approximate surface area is 212 Å². The van der Waals surface area contributed by atoms with E-state index >= 15 is 0 Å². The van der Waals surface area contributed by atoms with Crippen LogP contribution in [0.1, 0.15) is 34.3 Å². The molecule has 158 valence electrons. The van der Waals surface area contributed by atoms with E-state index in [-0.39, 0.29) is 41.2 Å². The third-order valence-electron chi connectivity index (χ3n) is 5.88. The maximum Gasteiger partial charge on any atom is 1.00 e. The molecule has 0 N–H and O–H groups in total. The molecule has 0 amide bonds. The summed E-state index contributed by atoms with van der Waals surface area (Å²) in [6, 6.07) is 13.6. The summed E-state index contributed by atoms with van der Waals surface area (Å²) < 4.78 is 12.8. The molecule has 1 fully saturated rings. The number of benzene rings is 2. The van der Waals surface area contributed by atoms with E-state index in [0.29, 0.717) is 35.6 Å². The number of pyridine rings is 1. The van der Waals surface area contributed by atoms with Crippen molar-refractivity contribution < 1.29 is 48.9 Å². The Bertz CT molecular complexity index is 1310. The number of aromatic nitrogens is 1. The van der Waals surface area contributed by atoms with Crippen molar-refractivity contribution in [2.45, 2.75) is 32.8 Å². The predicted octanol–water partition coefficient (Wildman–Crippen LogP) is 1.66. The molecule has 32 heavy (non-hydrogen) atoms. The van der Waals surface area contributed by atoms with Gasteiger partial charge in [0.2, 0.25) is 0 Å². The third-order valence-corrected chi connectivity index (χ3v) is 7.18. The fourth-order valence-electron chi connectivity index (χ4n) is 4.21. The smallest absolute Gasteiger partial charge is 0.545 e. The maximum atomic E-state index is 12.2. The van der Waals surface area contributed by atoms with Crippen LogP contribution in [-0.4, -0.2) is 30.3 Å². The molecule has 5 rings (SSSR count). The number of carboxylic acid groups (broad SMARTS) is 1. The Morgan fingerprint density at radius 2 is 1.91 bits per heavy atom. The van der Waals surface area contributed by atoms with Gasteiger partial charge in [0.15, 0.2) is 0 Å². The van der Waals surface area contributed by atoms with E-state index in [2.05, 4.69) is 19.1 Å². The van der Waals surface area contributed by atoms with Gasteiger partial charge in [-0.2, -0.15) is 0 Å². The molecule has 1 aliphatic heterocycles. The van der Waals surface area contributed by atoms with Gasteiger partial charge in [0.1, 0.15) is 11.9 Å². The Morgan fingerprint density at radius 3 is 2.62 bits per heavy atom. The number of aryl methyl sites for hydroxylation is 2. The molecule has 0 spiro atoms. The van der Waals surface area contributed by atoms with Gasteiger partial charge in [0.05, 0.1) is 40.7 Å². The second-order valence-electron chi connectivity index (χ2n) is 7.93. The summed E-state index contributed by atoms with van der Waals surface area (Å²) in [6.45, 7) is 5.29. The van der Waals surface area contributed by atoms with Gasteiger partial charge in [-0.05, 0) is 48.6 Å². The van der Waals surface area contributed by atoms with Gasteiger partial charge in [-0.25, -0.2) is 4.98 Å². The van der Waals surface area contributed by atoms with Crippen LogP contribution < -0.4 is 39.4 Å². The molecular weight excluding hydrogens is 433 g/mol. The second kappa shape index (κ2) is 9.49. The number of carboxylic acids is 1. The van der Waals surface area contributed by atoms with Gasteiger partial charge < -0.3 is 19.4 Å². The topological polar surface area (TPSA) is 71.5 Å². The van der Waals surface area contributed by atoms with Crippen LogP contribution >= 0.6 is 11.3 Å². The first-order chi connectivity index (χ1) is 15.0. The van der Waals surface area contributed by atoms with E-state index in [0.717, 1.165) is 38.9 Å². The molecule has 0 aliphatic carbocycles. The molecular formula is C25H22NNaO4S. The largest absolute Gasteiger partial charge is 1.00 e. The van der Waals surface area contributed by atoms with Crippen molar-refractivity contribution in [2.24, 2.45) is 0 Å². The van der Waals surface area contributed by atoms with Gasteiger partial charge in [-0.15, -0.1) is 11.3 Å². The quantitative estimate of drug-likeness (QED) is 0.438. The average molecular weight is 456 g/mol. The van der Waals surface area contributed by atoms with Crippen LogP contribution in [0.5, 0.6) is 5.75 Å². The zero-order chi connectivity index (χ0) is 21.5. The number of thiophene rings is 1. The van der Waals surface area contributed by atoms with Crippen molar-refractivity contribution in [2.75, 3.05) is 13.2 Å². The van der Waals surface area contributed by atoms with E-state index < -0.39 is 5.97 Å². The average Bonchev–Trinajstić information content (AvgIpc) is 3.12. The molecule has 0 atom stereocenters. The molecule has 7 heteroatoms. The van der Waals surface area contributed by atoms with Crippen LogP contribution in [0.2, 0.25) is 0 Å². The van der Waals surface area contributed by atoms with E-state index in [4.69, 9.17) is 14.5 Å². The minimum atomic E-state index is -1.23. The number of carbonyl (C=O) groups excluding carboxylic acids is 1. The number of ether oxygens (including phenoxy) is 2. The van der Waals surface area contributed by atoms with Gasteiger partial charge >= 0.3 is 29.6 Å². The third kappa shape index (κ3) is 4.18. The predicted molar refractivity (Wildman–Crippen MR) is 121 cm³/mol. The minimum absolute atomic E-state index is 0. The SMILES string of the molecule is Cc1c(-c2cc(C(=O)[O-])c3c(OC4CCOCC4)ccc(C)c3n2)sc2ccccc12.[Na+]. The van der Waals surface area contributed by atoms with E-state index in [1.54, 1.807) is 17.4 Å². The summed E-state index contributed by atoms with van der Waals surface area (Å²) in [6.07, 6.45) is 1.56. The Hall–Kier alpha value is -1.96. The van der Waals surface area contributed by atoms with Crippen LogP contribution in [0, 0.1) is 13.8 Å². The van der Waals surface area contributed by atoms with E-state index in [1.807, 2.05) is 31.2 Å². The summed E-state index contributed by atoms with van der Waals surface area (Å²) in [5.74, 6) is -0.686. The van der Waals surface area contributed by atoms with Crippen LogP contribution in [0.4, 0.5) is 0 Å². The molecule has 4 aromatic rings. The van der Waals surface area contributed by atoms with Crippen molar-refractivity contribution in [3.05, 3.63) is 59.2 Å². The normalized spacial score (nSPS) is 14.4. The van der Waals surface area contributed by atoms with Crippen molar-refractivity contribution in [3.63, 3.8) is 0 Å². The molecule has 2 aromatic carbocycles. The van der Waals surface area contributed by atoms with Gasteiger partial charge in [-0.1, -0.05) is 24.3 Å². The zero-order valence-electron chi connectivity index (χ0n) is 18.4. The van der Waals surface area contributed by atoms with Crippen molar-refractivity contribution >= 4 is 38.3 Å². The first-order valence-electron chi connectivity index (χ1n) is 10.4. The Morgan fingerprint density at radius 1 is 1.16 bits per heavy atom. The molecule has 0 unspecified atom stereocenters. The van der Waals surface area contributed by atoms with Gasteiger partial charge in [-0.3, -0.25) is 0 Å². The molecule has 0 bridgehead atoms. The molecule has 0 radical (unpaired) electrons. The first-order valence-corrected chi connectivity index (χ1v) is 11.2. The van der Waals surface area contributed by atoms with Crippen LogP contribution in [0.3, 0.4) is 0 Å². The first kappa shape index (κ1) is 23.2. The molecule has 1 aliphatic rings. The number of aromatic carboxylic acids is 1. The standard InChI is InChI=1S/C25H23NO4S.Na/c1-14-7-8-20(30-16-9-11-29-12-10-16)22-18(25(27)28)13-19(26-23(14)22)24-15(2)17-5-3-4-6-21(17)31-24;/h3-8,13,16H,9-12H2,1-2H3,(H,27,28);/q;+1/p-1. The summed E-state index contributed by atoms with van der Waals surface area (Å²) in [4.78, 5) is 18.1. The van der Waals surface area contributed by atoms with Crippen LogP contribution in [0.25, 0.3) is 31.6 Å². The zero-order valence-corrected chi connectivity index (χ0v) is 21.3. The van der Waals surface area contributed by atoms with E-state index in [9.17, 15) is 9.90 Å². The summed E-state index contributed by atoms with van der Waals surface area (Å²) >= 11 is 1.62. The number of hydrogen-bond acceptors (Lipinski definition) is 6. The number of nitrogens with zero attached hydrogens (tertiary/aromatic N) is 1. The molecule has 5 nitrogen and oxygen atoms in total. The van der Waals surface area contributed by atoms with Crippen LogP contribution in [-0.2, 0) is 4.74 Å². The fraction of sp³-hybridized carbons (Fsp3) is 0.280. The summed E-state index contributed by atoms with van der Waals surface area (Å²) in [5, 5.41) is 13.9. The van der Waals surface area contributed by atoms with Crippen LogP contribution in [0.15, 0.2) is 42.5 Å². The monoisotopic (exact) mass is 455 g/mol. The molecule has 0 saturated carbocycles. The van der Waals surface area contributed by atoms with Crippen molar-refractivity contribution in [1.29, 1.82) is 0 Å². The summed E-state index contributed by atoms with van der Waals surface area (Å²) in [7, 11) is 0. The summed E-state index contributed by atoms with van der Waals surface area (Å²) in [5.41, 5.74) is 3.40. The maximum absolute atomic E-state index is 12.2. The van der Waals surface area contributed by atoms with Crippen molar-refractivity contribution in [1.82, 2.24) is 4.98 Å². The molecule has 2 aromatic heterocycles.